The second-order valence-corrected chi connectivity index (χ2v) is 5.58. The second kappa shape index (κ2) is 7.60. The van der Waals surface area contributed by atoms with E-state index in [1.807, 2.05) is 10.6 Å². The van der Waals surface area contributed by atoms with E-state index in [9.17, 15) is 17.6 Å². The molecule has 2 aromatic heterocycles. The van der Waals surface area contributed by atoms with E-state index in [4.69, 9.17) is 0 Å². The molecule has 1 aromatic carbocycles. The van der Waals surface area contributed by atoms with Crippen LogP contribution in [0.3, 0.4) is 0 Å². The molecule has 2 heterocycles. The Bertz CT molecular complexity index is 935. The van der Waals surface area contributed by atoms with E-state index in [0.29, 0.717) is 17.0 Å². The van der Waals surface area contributed by atoms with Gasteiger partial charge in [-0.05, 0) is 29.8 Å². The van der Waals surface area contributed by atoms with Crippen molar-refractivity contribution in [3.05, 3.63) is 53.9 Å². The molecular weight excluding hydrogens is 366 g/mol. The van der Waals surface area contributed by atoms with E-state index in [0.717, 1.165) is 5.69 Å². The fraction of sp³-hybridized carbons (Fsp3) is 0.235. The predicted octanol–water partition coefficient (Wildman–Crippen LogP) is 3.61. The summed E-state index contributed by atoms with van der Waals surface area (Å²) in [5.74, 6) is -0.341. The van der Waals surface area contributed by atoms with Crippen molar-refractivity contribution in [1.29, 1.82) is 0 Å². The number of hydrogen-bond acceptors (Lipinski definition) is 4. The molecule has 142 valence electrons. The van der Waals surface area contributed by atoms with E-state index in [-0.39, 0.29) is 12.3 Å². The largest absolute Gasteiger partial charge is 0.461 e. The molecule has 0 radical (unpaired) electrons. The monoisotopic (exact) mass is 381 g/mol. The quantitative estimate of drug-likeness (QED) is 0.502. The van der Waals surface area contributed by atoms with Crippen LogP contribution in [0, 0.1) is 0 Å². The Morgan fingerprint density at radius 2 is 2.07 bits per heavy atom. The van der Waals surface area contributed by atoms with Crippen LogP contribution in [0.1, 0.15) is 11.3 Å². The van der Waals surface area contributed by atoms with Gasteiger partial charge in [0.15, 0.2) is 0 Å². The third-order valence-corrected chi connectivity index (χ3v) is 3.66. The molecule has 0 saturated heterocycles. The minimum absolute atomic E-state index is 0.287. The molecule has 0 amide bonds. The van der Waals surface area contributed by atoms with E-state index in [1.54, 1.807) is 31.6 Å². The molecule has 0 aliphatic rings. The summed E-state index contributed by atoms with van der Waals surface area (Å²) in [7, 11) is 1.61. The number of alkyl halides is 4. The van der Waals surface area contributed by atoms with Crippen LogP contribution in [0.25, 0.3) is 11.4 Å². The molecule has 0 unspecified atom stereocenters. The molecule has 0 atom stereocenters. The minimum Gasteiger partial charge on any atom is -0.428 e. The lowest BCUT2D eigenvalue weighted by atomic mass is 10.2. The average Bonchev–Trinajstić information content (AvgIpc) is 3.24. The van der Waals surface area contributed by atoms with Gasteiger partial charge in [0.2, 0.25) is 0 Å². The molecule has 6 nitrogen and oxygen atoms in total. The number of rotatable bonds is 7. The molecule has 0 bridgehead atoms. The van der Waals surface area contributed by atoms with Crippen molar-refractivity contribution in [2.45, 2.75) is 19.1 Å². The Morgan fingerprint density at radius 1 is 1.26 bits per heavy atom. The fourth-order valence-corrected chi connectivity index (χ4v) is 2.51. The summed E-state index contributed by atoms with van der Waals surface area (Å²) in [6.07, 6.45) is -5.13. The van der Waals surface area contributed by atoms with E-state index < -0.39 is 12.5 Å². The number of aliphatic imine (C=N–C) groups is 1. The summed E-state index contributed by atoms with van der Waals surface area (Å²) in [6.45, 7) is 0.287. The maximum atomic E-state index is 13.1. The first kappa shape index (κ1) is 18.6. The van der Waals surface area contributed by atoms with Crippen LogP contribution < -0.4 is 4.74 Å². The van der Waals surface area contributed by atoms with Gasteiger partial charge in [-0.2, -0.15) is 33.0 Å². The zero-order valence-corrected chi connectivity index (χ0v) is 14.1. The van der Waals surface area contributed by atoms with Crippen molar-refractivity contribution in [2.24, 2.45) is 4.99 Å². The number of benzene rings is 1. The van der Waals surface area contributed by atoms with Crippen LogP contribution in [0.15, 0.2) is 47.6 Å². The smallest absolute Gasteiger partial charge is 0.428 e. The molecule has 0 aliphatic heterocycles. The first-order valence-electron chi connectivity index (χ1n) is 7.83. The molecule has 0 fully saturated rings. The van der Waals surface area contributed by atoms with E-state index in [2.05, 4.69) is 25.1 Å². The van der Waals surface area contributed by atoms with Crippen molar-refractivity contribution in [1.82, 2.24) is 20.0 Å². The van der Waals surface area contributed by atoms with Crippen molar-refractivity contribution in [2.75, 3.05) is 7.05 Å². The van der Waals surface area contributed by atoms with Crippen molar-refractivity contribution in [3.8, 4) is 17.1 Å². The number of nitrogens with one attached hydrogen (secondary N) is 1. The van der Waals surface area contributed by atoms with Gasteiger partial charge in [-0.15, -0.1) is 0 Å². The lowest BCUT2D eigenvalue weighted by Crippen LogP contribution is -2.33. The highest BCUT2D eigenvalue weighted by Gasteiger charge is 2.43. The molecule has 1 N–H and O–H groups in total. The Kier molecular flexibility index (Phi) is 5.24. The highest BCUT2D eigenvalue weighted by molar-refractivity contribution is 5.85. The number of nitrogens with zero attached hydrogens (tertiary/aromatic N) is 4. The molecule has 0 aliphatic carbocycles. The molecular formula is C17H15F4N5O. The zero-order valence-electron chi connectivity index (χ0n) is 14.1. The Hall–Kier alpha value is -3.17. The second-order valence-electron chi connectivity index (χ2n) is 5.58. The van der Waals surface area contributed by atoms with E-state index >= 15 is 0 Å². The lowest BCUT2D eigenvalue weighted by Gasteiger charge is -2.17. The molecule has 10 heteroatoms. The van der Waals surface area contributed by atoms with Gasteiger partial charge in [-0.1, -0.05) is 12.1 Å². The summed E-state index contributed by atoms with van der Waals surface area (Å²) < 4.78 is 56.8. The molecule has 0 saturated carbocycles. The van der Waals surface area contributed by atoms with Gasteiger partial charge in [0.1, 0.15) is 17.1 Å². The molecule has 3 rings (SSSR count). The Balaban J connectivity index is 1.84. The zero-order chi connectivity index (χ0) is 19.4. The van der Waals surface area contributed by atoms with Crippen LogP contribution in [-0.4, -0.2) is 45.8 Å². The van der Waals surface area contributed by atoms with Gasteiger partial charge in [-0.25, -0.2) is 0 Å². The van der Waals surface area contributed by atoms with Gasteiger partial charge >= 0.3 is 12.5 Å². The van der Waals surface area contributed by atoms with Gasteiger partial charge in [0.25, 0.3) is 0 Å². The normalized spacial score (nSPS) is 12.2. The summed E-state index contributed by atoms with van der Waals surface area (Å²) in [6, 6.07) is 9.23. The molecule has 27 heavy (non-hydrogen) atoms. The van der Waals surface area contributed by atoms with E-state index in [1.165, 1.54) is 18.2 Å². The SMILES string of the molecule is CN=Cc1n[nH]nc1-c1cccn1Cc1cccc(OC(F)(F)C(F)F)c1. The molecule has 0 spiro atoms. The van der Waals surface area contributed by atoms with Crippen LogP contribution in [0.5, 0.6) is 5.75 Å². The maximum Gasteiger partial charge on any atom is 0.461 e. The number of hydrogen-bond donors (Lipinski definition) is 1. The number of aromatic nitrogens is 4. The number of halogens is 4. The predicted molar refractivity (Wildman–Crippen MR) is 90.4 cm³/mol. The van der Waals surface area contributed by atoms with Crippen molar-refractivity contribution < 1.29 is 22.3 Å². The Labute approximate surface area is 151 Å². The average molecular weight is 381 g/mol. The summed E-state index contributed by atoms with van der Waals surface area (Å²) in [5.41, 5.74) is 2.43. The van der Waals surface area contributed by atoms with Gasteiger partial charge in [-0.3, -0.25) is 4.99 Å². The Morgan fingerprint density at radius 3 is 2.81 bits per heavy atom. The molecule has 3 aromatic rings. The minimum atomic E-state index is -4.55. The number of H-pyrrole nitrogens is 1. The fourth-order valence-electron chi connectivity index (χ4n) is 2.51. The number of ether oxygens (including phenoxy) is 1. The highest BCUT2D eigenvalue weighted by Crippen LogP contribution is 2.28. The number of aromatic amines is 1. The summed E-state index contributed by atoms with van der Waals surface area (Å²) >= 11 is 0. The first-order chi connectivity index (χ1) is 12.9. The van der Waals surface area contributed by atoms with Crippen LogP contribution in [0.4, 0.5) is 17.6 Å². The third kappa shape index (κ3) is 4.15. The summed E-state index contributed by atoms with van der Waals surface area (Å²) in [4.78, 5) is 3.92. The maximum absolute atomic E-state index is 13.1. The van der Waals surface area contributed by atoms with Crippen molar-refractivity contribution >= 4 is 6.21 Å². The standard InChI is InChI=1S/C17H15F4N5O/c1-22-9-13-15(24-25-23-13)14-6-3-7-26(14)10-11-4-2-5-12(8-11)27-17(20,21)16(18)19/h2-9,16H,10H2,1H3,(H,23,24,25). The summed E-state index contributed by atoms with van der Waals surface area (Å²) in [5, 5.41) is 10.6. The van der Waals surface area contributed by atoms with Crippen LogP contribution >= 0.6 is 0 Å². The topological polar surface area (TPSA) is 68.1 Å². The highest BCUT2D eigenvalue weighted by atomic mass is 19.3. The van der Waals surface area contributed by atoms with Gasteiger partial charge in [0, 0.05) is 19.8 Å². The lowest BCUT2D eigenvalue weighted by molar-refractivity contribution is -0.253. The third-order valence-electron chi connectivity index (χ3n) is 3.66. The van der Waals surface area contributed by atoms with Crippen molar-refractivity contribution in [3.63, 3.8) is 0 Å². The van der Waals surface area contributed by atoms with Crippen LogP contribution in [0.2, 0.25) is 0 Å². The van der Waals surface area contributed by atoms with Gasteiger partial charge in [0.05, 0.1) is 11.9 Å². The van der Waals surface area contributed by atoms with Crippen LogP contribution in [-0.2, 0) is 6.54 Å². The first-order valence-corrected chi connectivity index (χ1v) is 7.83. The van der Waals surface area contributed by atoms with Gasteiger partial charge < -0.3 is 9.30 Å².